The van der Waals surface area contributed by atoms with Crippen LogP contribution in [0.4, 0.5) is 13.2 Å². The van der Waals surface area contributed by atoms with Crippen LogP contribution in [-0.4, -0.2) is 76.9 Å². The van der Waals surface area contributed by atoms with Gasteiger partial charge in [0.15, 0.2) is 5.69 Å². The predicted octanol–water partition coefficient (Wildman–Crippen LogP) is 2.89. The van der Waals surface area contributed by atoms with E-state index in [-0.39, 0.29) is 36.9 Å². The summed E-state index contributed by atoms with van der Waals surface area (Å²) in [5, 5.41) is 4.01. The molecule has 0 atom stereocenters. The minimum Gasteiger partial charge on any atom is -0.336 e. The molecule has 2 aromatic rings. The molecular weight excluding hydrogens is 471 g/mol. The highest BCUT2D eigenvalue weighted by molar-refractivity contribution is 7.86. The SMILES string of the molecule is CCN(CC)S(=O)(=O)N1CCN(C(=O)c2cnn(-c3cccc(Cl)c3)c2C(F)(F)F)CC1. The lowest BCUT2D eigenvalue weighted by molar-refractivity contribution is -0.143. The molecule has 8 nitrogen and oxygen atoms in total. The summed E-state index contributed by atoms with van der Waals surface area (Å²) in [6.45, 7) is 3.97. The monoisotopic (exact) mass is 493 g/mol. The van der Waals surface area contributed by atoms with E-state index in [1.54, 1.807) is 13.8 Å². The van der Waals surface area contributed by atoms with E-state index in [0.717, 1.165) is 6.20 Å². The molecule has 1 aliphatic heterocycles. The zero-order chi connectivity index (χ0) is 23.7. The molecule has 0 aliphatic carbocycles. The van der Waals surface area contributed by atoms with Crippen molar-refractivity contribution >= 4 is 27.7 Å². The number of benzene rings is 1. The van der Waals surface area contributed by atoms with Gasteiger partial charge in [-0.3, -0.25) is 4.79 Å². The van der Waals surface area contributed by atoms with Crippen LogP contribution < -0.4 is 0 Å². The second-order valence-corrected chi connectivity index (χ2v) is 9.44. The summed E-state index contributed by atoms with van der Waals surface area (Å²) in [7, 11) is -3.69. The minimum absolute atomic E-state index is 0.00560. The molecule has 3 rings (SSSR count). The number of carbonyl (C=O) groups is 1. The van der Waals surface area contributed by atoms with Crippen molar-refractivity contribution in [2.24, 2.45) is 0 Å². The van der Waals surface area contributed by atoms with Crippen molar-refractivity contribution in [1.82, 2.24) is 23.3 Å². The highest BCUT2D eigenvalue weighted by atomic mass is 35.5. The Bertz CT molecular complexity index is 1080. The number of rotatable bonds is 6. The van der Waals surface area contributed by atoms with Gasteiger partial charge in [-0.2, -0.15) is 35.3 Å². The third kappa shape index (κ3) is 4.77. The van der Waals surface area contributed by atoms with Gasteiger partial charge in [-0.15, -0.1) is 0 Å². The molecule has 1 aromatic heterocycles. The molecule has 2 heterocycles. The van der Waals surface area contributed by atoms with Crippen molar-refractivity contribution in [3.63, 3.8) is 0 Å². The maximum atomic E-state index is 13.9. The normalized spacial score (nSPS) is 16.0. The van der Waals surface area contributed by atoms with Gasteiger partial charge in [0.05, 0.1) is 17.4 Å². The lowest BCUT2D eigenvalue weighted by Gasteiger charge is -2.36. The number of hydrogen-bond donors (Lipinski definition) is 0. The zero-order valence-electron chi connectivity index (χ0n) is 17.5. The Morgan fingerprint density at radius 1 is 1.16 bits per heavy atom. The Morgan fingerprint density at radius 3 is 2.31 bits per heavy atom. The third-order valence-electron chi connectivity index (χ3n) is 5.20. The molecule has 0 unspecified atom stereocenters. The average molecular weight is 494 g/mol. The summed E-state index contributed by atoms with van der Waals surface area (Å²) < 4.78 is 70.1. The first-order valence-corrected chi connectivity index (χ1v) is 11.7. The van der Waals surface area contributed by atoms with E-state index in [1.807, 2.05) is 0 Å². The maximum absolute atomic E-state index is 13.9. The highest BCUT2D eigenvalue weighted by Crippen LogP contribution is 2.34. The Balaban J connectivity index is 1.85. The number of amides is 1. The summed E-state index contributed by atoms with van der Waals surface area (Å²) in [4.78, 5) is 14.2. The highest BCUT2D eigenvalue weighted by Gasteiger charge is 2.42. The number of nitrogens with zero attached hydrogens (tertiary/aromatic N) is 5. The summed E-state index contributed by atoms with van der Waals surface area (Å²) in [6, 6.07) is 5.71. The molecule has 1 aromatic carbocycles. The zero-order valence-corrected chi connectivity index (χ0v) is 19.1. The number of aromatic nitrogens is 2. The van der Waals surface area contributed by atoms with Crippen LogP contribution in [0, 0.1) is 0 Å². The molecule has 1 amide bonds. The van der Waals surface area contributed by atoms with Gasteiger partial charge in [0.2, 0.25) is 0 Å². The third-order valence-corrected chi connectivity index (χ3v) is 7.63. The first-order chi connectivity index (χ1) is 15.0. The van der Waals surface area contributed by atoms with Gasteiger partial charge in [-0.05, 0) is 18.2 Å². The number of alkyl halides is 3. The maximum Gasteiger partial charge on any atom is 0.434 e. The fraction of sp³-hybridized carbons (Fsp3) is 0.474. The second-order valence-electron chi connectivity index (χ2n) is 7.08. The van der Waals surface area contributed by atoms with Gasteiger partial charge in [-0.1, -0.05) is 31.5 Å². The average Bonchev–Trinajstić information content (AvgIpc) is 3.20. The molecule has 0 spiro atoms. The summed E-state index contributed by atoms with van der Waals surface area (Å²) in [5.74, 6) is -0.856. The molecule has 0 saturated carbocycles. The minimum atomic E-state index is -4.85. The number of hydrogen-bond acceptors (Lipinski definition) is 4. The molecule has 1 fully saturated rings. The molecule has 13 heteroatoms. The summed E-state index contributed by atoms with van der Waals surface area (Å²) in [5.41, 5.74) is -1.74. The molecule has 32 heavy (non-hydrogen) atoms. The van der Waals surface area contributed by atoms with Crippen molar-refractivity contribution in [2.75, 3.05) is 39.3 Å². The molecule has 176 valence electrons. The van der Waals surface area contributed by atoms with Crippen LogP contribution in [0.1, 0.15) is 29.9 Å². The van der Waals surface area contributed by atoms with Crippen LogP contribution >= 0.6 is 11.6 Å². The molecule has 0 N–H and O–H groups in total. The van der Waals surface area contributed by atoms with Crippen molar-refractivity contribution < 1.29 is 26.4 Å². The van der Waals surface area contributed by atoms with Gasteiger partial charge < -0.3 is 4.90 Å². The van der Waals surface area contributed by atoms with Crippen LogP contribution in [0.15, 0.2) is 30.5 Å². The first-order valence-electron chi connectivity index (χ1n) is 9.96. The van der Waals surface area contributed by atoms with E-state index in [9.17, 15) is 26.4 Å². The van der Waals surface area contributed by atoms with Crippen LogP contribution in [0.25, 0.3) is 5.69 Å². The van der Waals surface area contributed by atoms with Gasteiger partial charge in [0, 0.05) is 44.3 Å². The van der Waals surface area contributed by atoms with Crippen molar-refractivity contribution in [1.29, 1.82) is 0 Å². The van der Waals surface area contributed by atoms with Crippen LogP contribution in [-0.2, 0) is 16.4 Å². The first kappa shape index (κ1) is 24.5. The standard InChI is InChI=1S/C19H23ClF3N5O3S/c1-3-26(4-2)32(30,31)27-10-8-25(9-11-27)18(29)16-13-24-28(17(16)19(21,22)23)15-7-5-6-14(20)12-15/h5-7,12-13H,3-4,8-11H2,1-2H3. The van der Waals surface area contributed by atoms with E-state index in [2.05, 4.69) is 5.10 Å². The van der Waals surface area contributed by atoms with Crippen molar-refractivity contribution in [3.05, 3.63) is 46.7 Å². The van der Waals surface area contributed by atoms with Crippen LogP contribution in [0.5, 0.6) is 0 Å². The smallest absolute Gasteiger partial charge is 0.336 e. The largest absolute Gasteiger partial charge is 0.434 e. The Hall–Kier alpha value is -2.15. The molecular formula is C19H23ClF3N5O3S. The van der Waals surface area contributed by atoms with Crippen LogP contribution in [0.2, 0.25) is 5.02 Å². The Morgan fingerprint density at radius 2 is 1.78 bits per heavy atom. The quantitative estimate of drug-likeness (QED) is 0.620. The van der Waals surface area contributed by atoms with Gasteiger partial charge in [0.25, 0.3) is 16.1 Å². The van der Waals surface area contributed by atoms with E-state index >= 15 is 0 Å². The summed E-state index contributed by atoms with van der Waals surface area (Å²) in [6.07, 6.45) is -3.97. The number of carbonyl (C=O) groups excluding carboxylic acids is 1. The second kappa shape index (κ2) is 9.38. The van der Waals surface area contributed by atoms with E-state index < -0.39 is 33.6 Å². The Labute approximate surface area is 189 Å². The van der Waals surface area contributed by atoms with Gasteiger partial charge >= 0.3 is 6.18 Å². The van der Waals surface area contributed by atoms with Gasteiger partial charge in [-0.25, -0.2) is 4.68 Å². The molecule has 1 aliphatic rings. The topological polar surface area (TPSA) is 78.8 Å². The number of piperazine rings is 1. The molecule has 1 saturated heterocycles. The van der Waals surface area contributed by atoms with E-state index in [0.29, 0.717) is 17.8 Å². The van der Waals surface area contributed by atoms with Crippen molar-refractivity contribution in [2.45, 2.75) is 20.0 Å². The van der Waals surface area contributed by atoms with Crippen molar-refractivity contribution in [3.8, 4) is 5.69 Å². The van der Waals surface area contributed by atoms with Crippen LogP contribution in [0.3, 0.4) is 0 Å². The van der Waals surface area contributed by atoms with E-state index in [1.165, 1.54) is 37.8 Å². The molecule has 0 radical (unpaired) electrons. The summed E-state index contributed by atoms with van der Waals surface area (Å²) >= 11 is 5.89. The van der Waals surface area contributed by atoms with E-state index in [4.69, 9.17) is 11.6 Å². The number of halogens is 4. The lowest BCUT2D eigenvalue weighted by atomic mass is 10.2. The fourth-order valence-corrected chi connectivity index (χ4v) is 5.38. The lowest BCUT2D eigenvalue weighted by Crippen LogP contribution is -2.54. The molecule has 0 bridgehead atoms. The Kier molecular flexibility index (Phi) is 7.18. The predicted molar refractivity (Wildman–Crippen MR) is 113 cm³/mol. The fourth-order valence-electron chi connectivity index (χ4n) is 3.59. The van der Waals surface area contributed by atoms with Gasteiger partial charge in [0.1, 0.15) is 0 Å².